The number of anilines is 1. The van der Waals surface area contributed by atoms with Crippen LogP contribution in [-0.4, -0.2) is 18.8 Å². The van der Waals surface area contributed by atoms with Gasteiger partial charge in [-0.2, -0.15) is 18.4 Å². The maximum Gasteiger partial charge on any atom is 0.425 e. The van der Waals surface area contributed by atoms with Gasteiger partial charge in [0.05, 0.1) is 7.11 Å². The molecule has 0 aliphatic rings. The van der Waals surface area contributed by atoms with Crippen LogP contribution in [0.1, 0.15) is 12.0 Å². The summed E-state index contributed by atoms with van der Waals surface area (Å²) in [4.78, 5) is 0. The van der Waals surface area contributed by atoms with Crippen LogP contribution in [0.25, 0.3) is 0 Å². The van der Waals surface area contributed by atoms with E-state index in [1.807, 2.05) is 0 Å². The van der Waals surface area contributed by atoms with Gasteiger partial charge in [-0.05, 0) is 42.7 Å². The Balaban J connectivity index is 2.24. The van der Waals surface area contributed by atoms with Gasteiger partial charge in [0.1, 0.15) is 11.8 Å². The number of nitriles is 1. The highest BCUT2D eigenvalue weighted by atomic mass is 19.4. The standard InChI is InChI=1S/C18H17F3N2O/c1-24-16-9-7-15(8-10-16)23-17(13-22,18(19,20)21)12-11-14-5-3-2-4-6-14/h2-10,23H,11-12H2,1H3. The first kappa shape index (κ1) is 17.7. The van der Waals surface area contributed by atoms with Crippen molar-refractivity contribution >= 4 is 5.69 Å². The Morgan fingerprint density at radius 3 is 2.17 bits per heavy atom. The highest BCUT2D eigenvalue weighted by Crippen LogP contribution is 2.37. The quantitative estimate of drug-likeness (QED) is 0.842. The van der Waals surface area contributed by atoms with Crippen LogP contribution in [0.15, 0.2) is 54.6 Å². The van der Waals surface area contributed by atoms with Crippen LogP contribution in [0.3, 0.4) is 0 Å². The molecule has 2 aromatic carbocycles. The molecule has 1 N–H and O–H groups in total. The van der Waals surface area contributed by atoms with E-state index in [4.69, 9.17) is 4.74 Å². The predicted octanol–water partition coefficient (Wildman–Crippen LogP) is 4.56. The van der Waals surface area contributed by atoms with Gasteiger partial charge >= 0.3 is 6.18 Å². The number of halogens is 3. The van der Waals surface area contributed by atoms with Crippen LogP contribution < -0.4 is 10.1 Å². The number of aryl methyl sites for hydroxylation is 1. The summed E-state index contributed by atoms with van der Waals surface area (Å²) in [6, 6.07) is 16.2. The molecule has 2 rings (SSSR count). The van der Waals surface area contributed by atoms with Crippen LogP contribution >= 0.6 is 0 Å². The van der Waals surface area contributed by atoms with Crippen molar-refractivity contribution < 1.29 is 17.9 Å². The molecule has 0 saturated heterocycles. The summed E-state index contributed by atoms with van der Waals surface area (Å²) in [5.41, 5.74) is -1.70. The third-order valence-electron chi connectivity index (χ3n) is 3.75. The zero-order valence-electron chi connectivity index (χ0n) is 13.1. The number of benzene rings is 2. The van der Waals surface area contributed by atoms with E-state index < -0.39 is 11.7 Å². The number of nitrogens with one attached hydrogen (secondary N) is 1. The molecule has 0 aliphatic carbocycles. The zero-order chi connectivity index (χ0) is 17.6. The molecule has 0 fully saturated rings. The number of nitrogens with zero attached hydrogens (tertiary/aromatic N) is 1. The maximum absolute atomic E-state index is 13.6. The molecule has 6 heteroatoms. The highest BCUT2D eigenvalue weighted by molar-refractivity contribution is 5.51. The van der Waals surface area contributed by atoms with Crippen molar-refractivity contribution in [3.8, 4) is 11.8 Å². The van der Waals surface area contributed by atoms with Crippen LogP contribution in [0.4, 0.5) is 18.9 Å². The Bertz CT molecular complexity index is 693. The number of hydrogen-bond donors (Lipinski definition) is 1. The summed E-state index contributed by atoms with van der Waals surface area (Å²) in [5, 5.41) is 11.7. The van der Waals surface area contributed by atoms with Gasteiger partial charge in [-0.3, -0.25) is 0 Å². The van der Waals surface area contributed by atoms with Crippen LogP contribution in [-0.2, 0) is 6.42 Å². The van der Waals surface area contributed by atoms with E-state index in [9.17, 15) is 18.4 Å². The van der Waals surface area contributed by atoms with E-state index >= 15 is 0 Å². The van der Waals surface area contributed by atoms with E-state index in [0.29, 0.717) is 5.75 Å². The number of rotatable bonds is 6. The fourth-order valence-electron chi connectivity index (χ4n) is 2.32. The van der Waals surface area contributed by atoms with Crippen LogP contribution in [0, 0.1) is 11.3 Å². The Kier molecular flexibility index (Phi) is 5.35. The van der Waals surface area contributed by atoms with Gasteiger partial charge in [-0.15, -0.1) is 0 Å². The fourth-order valence-corrected chi connectivity index (χ4v) is 2.32. The van der Waals surface area contributed by atoms with Crippen molar-refractivity contribution in [1.29, 1.82) is 5.26 Å². The van der Waals surface area contributed by atoms with Gasteiger partial charge in [-0.1, -0.05) is 30.3 Å². The summed E-state index contributed by atoms with van der Waals surface area (Å²) in [6.07, 6.45) is -4.96. The average Bonchev–Trinajstić information content (AvgIpc) is 2.59. The van der Waals surface area contributed by atoms with Crippen molar-refractivity contribution in [3.63, 3.8) is 0 Å². The van der Waals surface area contributed by atoms with Gasteiger partial charge in [0, 0.05) is 5.69 Å². The maximum atomic E-state index is 13.6. The van der Waals surface area contributed by atoms with Gasteiger partial charge in [0.25, 0.3) is 0 Å². The largest absolute Gasteiger partial charge is 0.497 e. The first-order valence-electron chi connectivity index (χ1n) is 7.34. The average molecular weight is 334 g/mol. The molecule has 0 heterocycles. The molecule has 0 aliphatic heterocycles. The van der Waals surface area contributed by atoms with Crippen molar-refractivity contribution in [2.24, 2.45) is 0 Å². The van der Waals surface area contributed by atoms with Gasteiger partial charge in [-0.25, -0.2) is 0 Å². The third kappa shape index (κ3) is 3.99. The number of ether oxygens (including phenoxy) is 1. The smallest absolute Gasteiger partial charge is 0.425 e. The minimum atomic E-state index is -4.71. The van der Waals surface area contributed by atoms with E-state index in [2.05, 4.69) is 5.32 Å². The molecule has 24 heavy (non-hydrogen) atoms. The Morgan fingerprint density at radius 2 is 1.67 bits per heavy atom. The zero-order valence-corrected chi connectivity index (χ0v) is 13.1. The molecular weight excluding hydrogens is 317 g/mol. The van der Waals surface area contributed by atoms with Crippen molar-refractivity contribution in [3.05, 3.63) is 60.2 Å². The van der Waals surface area contributed by atoms with Gasteiger partial charge in [0.2, 0.25) is 5.54 Å². The van der Waals surface area contributed by atoms with Crippen molar-refractivity contribution in [2.45, 2.75) is 24.6 Å². The van der Waals surface area contributed by atoms with Gasteiger partial charge in [0.15, 0.2) is 0 Å². The highest BCUT2D eigenvalue weighted by Gasteiger charge is 2.55. The van der Waals surface area contributed by atoms with E-state index in [0.717, 1.165) is 5.56 Å². The van der Waals surface area contributed by atoms with Crippen LogP contribution in [0.2, 0.25) is 0 Å². The van der Waals surface area contributed by atoms with Gasteiger partial charge < -0.3 is 10.1 Å². The van der Waals surface area contributed by atoms with Crippen molar-refractivity contribution in [2.75, 3.05) is 12.4 Å². The summed E-state index contributed by atoms with van der Waals surface area (Å²) in [7, 11) is 1.47. The minimum Gasteiger partial charge on any atom is -0.497 e. The van der Waals surface area contributed by atoms with E-state index in [1.165, 1.54) is 37.4 Å². The SMILES string of the molecule is COc1ccc(NC(C#N)(CCc2ccccc2)C(F)(F)F)cc1. The molecule has 2 aromatic rings. The lowest BCUT2D eigenvalue weighted by molar-refractivity contribution is -0.164. The van der Waals surface area contributed by atoms with E-state index in [1.54, 1.807) is 30.3 Å². The third-order valence-corrected chi connectivity index (χ3v) is 3.75. The normalized spacial score (nSPS) is 13.6. The predicted molar refractivity (Wildman–Crippen MR) is 85.8 cm³/mol. The topological polar surface area (TPSA) is 45.0 Å². The first-order valence-corrected chi connectivity index (χ1v) is 7.34. The molecule has 0 amide bonds. The number of methoxy groups -OCH3 is 1. The summed E-state index contributed by atoms with van der Waals surface area (Å²) < 4.78 is 45.8. The number of alkyl halides is 3. The fraction of sp³-hybridized carbons (Fsp3) is 0.278. The van der Waals surface area contributed by atoms with Crippen LogP contribution in [0.5, 0.6) is 5.75 Å². The Morgan fingerprint density at radius 1 is 1.04 bits per heavy atom. The molecule has 1 atom stereocenters. The lowest BCUT2D eigenvalue weighted by atomic mass is 9.91. The molecule has 126 valence electrons. The molecular formula is C18H17F3N2O. The lowest BCUT2D eigenvalue weighted by Gasteiger charge is -2.31. The number of hydrogen-bond acceptors (Lipinski definition) is 3. The molecule has 0 saturated carbocycles. The second-order valence-corrected chi connectivity index (χ2v) is 5.35. The second-order valence-electron chi connectivity index (χ2n) is 5.35. The Labute approximate surface area is 138 Å². The lowest BCUT2D eigenvalue weighted by Crippen LogP contribution is -2.51. The molecule has 0 radical (unpaired) electrons. The van der Waals surface area contributed by atoms with E-state index in [-0.39, 0.29) is 18.5 Å². The molecule has 0 bridgehead atoms. The molecule has 3 nitrogen and oxygen atoms in total. The molecule has 1 unspecified atom stereocenters. The minimum absolute atomic E-state index is 0.136. The first-order chi connectivity index (χ1) is 11.4. The summed E-state index contributed by atoms with van der Waals surface area (Å²) in [5.74, 6) is 0.527. The molecule has 0 aromatic heterocycles. The Hall–Kier alpha value is -2.68. The second kappa shape index (κ2) is 7.26. The molecule has 0 spiro atoms. The van der Waals surface area contributed by atoms with Crippen molar-refractivity contribution in [1.82, 2.24) is 0 Å². The summed E-state index contributed by atoms with van der Waals surface area (Å²) >= 11 is 0. The summed E-state index contributed by atoms with van der Waals surface area (Å²) in [6.45, 7) is 0. The monoisotopic (exact) mass is 334 g/mol.